The molecule has 0 N–H and O–H groups in total. The van der Waals surface area contributed by atoms with Gasteiger partial charge in [-0.05, 0) is 52.9 Å². The Morgan fingerprint density at radius 2 is 1.68 bits per heavy atom. The lowest BCUT2D eigenvalue weighted by Gasteiger charge is -2.42. The lowest BCUT2D eigenvalue weighted by molar-refractivity contribution is 0.332. The maximum absolute atomic E-state index is 3.49. The van der Waals surface area contributed by atoms with Crippen molar-refractivity contribution in [3.8, 4) is 0 Å². The smallest absolute Gasteiger partial charge is 0.0217 e. The molecule has 1 aliphatic carbocycles. The van der Waals surface area contributed by atoms with Crippen molar-refractivity contribution in [3.63, 3.8) is 0 Å². The zero-order valence-electron chi connectivity index (χ0n) is 12.8. The first-order valence-corrected chi connectivity index (χ1v) is 8.28. The van der Waals surface area contributed by atoms with E-state index in [1.807, 2.05) is 0 Å². The monoisotopic (exact) mass is 320 g/mol. The minimum atomic E-state index is 0.301. The van der Waals surface area contributed by atoms with Crippen molar-refractivity contribution >= 4 is 21.5 Å². The summed E-state index contributed by atoms with van der Waals surface area (Å²) in [5.41, 5.74) is 6.43. The van der Waals surface area contributed by atoms with Crippen LogP contribution in [0.25, 0.3) is 5.57 Å². The Bertz CT molecular complexity index is 506. The fraction of sp³-hybridized carbons (Fsp3) is 0.556. The molecule has 1 aromatic carbocycles. The van der Waals surface area contributed by atoms with Gasteiger partial charge in [0, 0.05) is 5.33 Å². The number of allylic oxidation sites excluding steroid dienone is 2. The second kappa shape index (κ2) is 5.09. The molecule has 0 aliphatic heterocycles. The van der Waals surface area contributed by atoms with E-state index < -0.39 is 0 Å². The van der Waals surface area contributed by atoms with Crippen LogP contribution >= 0.6 is 15.9 Å². The van der Waals surface area contributed by atoms with Crippen LogP contribution in [0.5, 0.6) is 0 Å². The van der Waals surface area contributed by atoms with Gasteiger partial charge in [-0.15, -0.1) is 0 Å². The van der Waals surface area contributed by atoms with Crippen LogP contribution in [-0.4, -0.2) is 5.33 Å². The zero-order valence-corrected chi connectivity index (χ0v) is 14.4. The van der Waals surface area contributed by atoms with Gasteiger partial charge in [0.1, 0.15) is 0 Å². The van der Waals surface area contributed by atoms with Gasteiger partial charge >= 0.3 is 0 Å². The summed E-state index contributed by atoms with van der Waals surface area (Å²) in [4.78, 5) is 0. The van der Waals surface area contributed by atoms with Gasteiger partial charge in [-0.1, -0.05) is 67.9 Å². The minimum Gasteiger partial charge on any atom is -0.0883 e. The third-order valence-corrected chi connectivity index (χ3v) is 5.02. The molecule has 1 aliphatic rings. The van der Waals surface area contributed by atoms with E-state index in [1.165, 1.54) is 24.0 Å². The van der Waals surface area contributed by atoms with Crippen LogP contribution in [0.1, 0.15) is 64.2 Å². The van der Waals surface area contributed by atoms with Crippen LogP contribution in [0.4, 0.5) is 0 Å². The number of halogens is 1. The molecule has 0 spiro atoms. The van der Waals surface area contributed by atoms with Crippen LogP contribution < -0.4 is 0 Å². The van der Waals surface area contributed by atoms with Crippen LogP contribution in [0.3, 0.4) is 0 Å². The van der Waals surface area contributed by atoms with E-state index >= 15 is 0 Å². The number of rotatable bonds is 2. The normalized spacial score (nSPS) is 21.1. The molecule has 0 nitrogen and oxygen atoms in total. The van der Waals surface area contributed by atoms with Gasteiger partial charge in [-0.2, -0.15) is 0 Å². The van der Waals surface area contributed by atoms with Gasteiger partial charge in [-0.3, -0.25) is 0 Å². The van der Waals surface area contributed by atoms with Crippen molar-refractivity contribution in [2.45, 2.75) is 58.3 Å². The minimum absolute atomic E-state index is 0.301. The Morgan fingerprint density at radius 1 is 1.11 bits per heavy atom. The molecule has 0 heterocycles. The SMILES string of the molecule is CC(=CCBr)c1ccc2c(c1)C(C)(C)CCC2(C)C. The molecule has 0 radical (unpaired) electrons. The molecule has 104 valence electrons. The standard InChI is InChI=1S/C18H25Br/c1-13(8-11-19)14-6-7-15-16(12-14)18(4,5)10-9-17(15,2)3/h6-8,12H,9-11H2,1-5H3. The van der Waals surface area contributed by atoms with E-state index in [0.717, 1.165) is 5.33 Å². The van der Waals surface area contributed by atoms with Gasteiger partial charge in [0.25, 0.3) is 0 Å². The lowest BCUT2D eigenvalue weighted by Crippen LogP contribution is -2.33. The van der Waals surface area contributed by atoms with E-state index in [1.54, 1.807) is 11.1 Å². The summed E-state index contributed by atoms with van der Waals surface area (Å²) in [5.74, 6) is 0. The summed E-state index contributed by atoms with van der Waals surface area (Å²) in [5, 5.41) is 0.921. The quantitative estimate of drug-likeness (QED) is 0.601. The van der Waals surface area contributed by atoms with Crippen LogP contribution in [0, 0.1) is 0 Å². The highest BCUT2D eigenvalue weighted by atomic mass is 79.9. The van der Waals surface area contributed by atoms with Crippen LogP contribution in [0.2, 0.25) is 0 Å². The van der Waals surface area contributed by atoms with E-state index in [-0.39, 0.29) is 0 Å². The van der Waals surface area contributed by atoms with Crippen molar-refractivity contribution in [1.29, 1.82) is 0 Å². The second-order valence-corrected chi connectivity index (χ2v) is 7.72. The topological polar surface area (TPSA) is 0 Å². The van der Waals surface area contributed by atoms with Crippen molar-refractivity contribution < 1.29 is 0 Å². The second-order valence-electron chi connectivity index (χ2n) is 7.07. The third-order valence-electron chi connectivity index (χ3n) is 4.69. The Kier molecular flexibility index (Phi) is 3.97. The molecule has 0 unspecified atom stereocenters. The molecular formula is C18H25Br. The molecule has 0 saturated heterocycles. The molecule has 0 saturated carbocycles. The van der Waals surface area contributed by atoms with Crippen LogP contribution in [-0.2, 0) is 10.8 Å². The Balaban J connectivity index is 2.57. The summed E-state index contributed by atoms with van der Waals surface area (Å²) in [6.45, 7) is 11.7. The highest BCUT2D eigenvalue weighted by Crippen LogP contribution is 2.46. The first-order chi connectivity index (χ1) is 8.78. The Labute approximate surface area is 126 Å². The van der Waals surface area contributed by atoms with Crippen molar-refractivity contribution in [1.82, 2.24) is 0 Å². The molecule has 0 amide bonds. The van der Waals surface area contributed by atoms with Crippen molar-refractivity contribution in [3.05, 3.63) is 41.0 Å². The average Bonchev–Trinajstić information content (AvgIpc) is 2.35. The van der Waals surface area contributed by atoms with Gasteiger partial charge in [0.15, 0.2) is 0 Å². The van der Waals surface area contributed by atoms with E-state index in [4.69, 9.17) is 0 Å². The fourth-order valence-corrected chi connectivity index (χ4v) is 3.55. The first-order valence-electron chi connectivity index (χ1n) is 7.16. The maximum atomic E-state index is 3.49. The molecule has 2 rings (SSSR count). The van der Waals surface area contributed by atoms with Crippen molar-refractivity contribution in [2.24, 2.45) is 0 Å². The zero-order chi connectivity index (χ0) is 14.3. The first kappa shape index (κ1) is 14.8. The van der Waals surface area contributed by atoms with Gasteiger partial charge < -0.3 is 0 Å². The molecule has 19 heavy (non-hydrogen) atoms. The fourth-order valence-electron chi connectivity index (χ4n) is 3.07. The Hall–Kier alpha value is -0.560. The van der Waals surface area contributed by atoms with E-state index in [9.17, 15) is 0 Å². The van der Waals surface area contributed by atoms with E-state index in [2.05, 4.69) is 74.8 Å². The molecule has 1 heteroatoms. The molecule has 1 aromatic rings. The summed E-state index contributed by atoms with van der Waals surface area (Å²) in [6.07, 6.45) is 4.79. The predicted molar refractivity (Wildman–Crippen MR) is 89.2 cm³/mol. The third kappa shape index (κ3) is 2.81. The number of hydrogen-bond donors (Lipinski definition) is 0. The summed E-state index contributed by atoms with van der Waals surface area (Å²) in [7, 11) is 0. The summed E-state index contributed by atoms with van der Waals surface area (Å²) >= 11 is 3.49. The molecule has 0 atom stereocenters. The summed E-state index contributed by atoms with van der Waals surface area (Å²) < 4.78 is 0. The van der Waals surface area contributed by atoms with E-state index in [0.29, 0.717) is 10.8 Å². The number of alkyl halides is 1. The molecular weight excluding hydrogens is 296 g/mol. The van der Waals surface area contributed by atoms with Gasteiger partial charge in [-0.25, -0.2) is 0 Å². The number of benzene rings is 1. The van der Waals surface area contributed by atoms with Gasteiger partial charge in [0.05, 0.1) is 0 Å². The predicted octanol–water partition coefficient (Wildman–Crippen LogP) is 5.83. The largest absolute Gasteiger partial charge is 0.0883 e. The van der Waals surface area contributed by atoms with Gasteiger partial charge in [0.2, 0.25) is 0 Å². The van der Waals surface area contributed by atoms with Crippen molar-refractivity contribution in [2.75, 3.05) is 5.33 Å². The highest BCUT2D eigenvalue weighted by molar-refractivity contribution is 9.09. The molecule has 0 fully saturated rings. The molecule has 0 bridgehead atoms. The highest BCUT2D eigenvalue weighted by Gasteiger charge is 2.36. The number of hydrogen-bond acceptors (Lipinski definition) is 0. The maximum Gasteiger partial charge on any atom is 0.0217 e. The Morgan fingerprint density at radius 3 is 2.26 bits per heavy atom. The van der Waals surface area contributed by atoms with Crippen LogP contribution in [0.15, 0.2) is 24.3 Å². The lowest BCUT2D eigenvalue weighted by atomic mass is 9.63. The summed E-state index contributed by atoms with van der Waals surface area (Å²) in [6, 6.07) is 7.07. The average molecular weight is 321 g/mol. The molecule has 0 aromatic heterocycles. The number of fused-ring (bicyclic) bond motifs is 1.